The quantitative estimate of drug-likeness (QED) is 0.328. The van der Waals surface area contributed by atoms with Crippen LogP contribution in [0.15, 0.2) is 30.5 Å². The Morgan fingerprint density at radius 2 is 1.85 bits per heavy atom. The SMILES string of the molecule is CN(Cc1ccc(C(=O)NN(c2nc(C#N)ncc2Cl)C2CCCC2)cc1)CC(O)CO.O=C(O)C(F)(F)F. The van der Waals surface area contributed by atoms with E-state index in [0.29, 0.717) is 24.5 Å². The van der Waals surface area contributed by atoms with E-state index in [1.807, 2.05) is 30.1 Å². The molecule has 0 spiro atoms. The second-order valence-corrected chi connectivity index (χ2v) is 9.17. The molecule has 1 fully saturated rings. The fourth-order valence-corrected chi connectivity index (χ4v) is 3.97. The number of halogens is 4. The fourth-order valence-electron chi connectivity index (χ4n) is 3.79. The van der Waals surface area contributed by atoms with Crippen LogP contribution >= 0.6 is 11.6 Å². The van der Waals surface area contributed by atoms with Crippen molar-refractivity contribution >= 4 is 29.3 Å². The number of carboxylic acids is 1. The molecule has 0 aliphatic heterocycles. The Kier molecular flexibility index (Phi) is 11.9. The van der Waals surface area contributed by atoms with Gasteiger partial charge in [-0.15, -0.1) is 0 Å². The Morgan fingerprint density at radius 3 is 2.36 bits per heavy atom. The van der Waals surface area contributed by atoms with Crippen LogP contribution in [0.5, 0.6) is 0 Å². The summed E-state index contributed by atoms with van der Waals surface area (Å²) in [7, 11) is 1.85. The first-order valence-corrected chi connectivity index (χ1v) is 12.1. The predicted octanol–water partition coefficient (Wildman–Crippen LogP) is 2.51. The molecular weight excluding hydrogens is 545 g/mol. The largest absolute Gasteiger partial charge is 0.490 e. The standard InChI is InChI=1S/C22H27ClN6O3.C2HF3O2/c1-28(13-18(31)14-30)12-15-6-8-16(9-7-15)22(32)27-29(17-4-2-3-5-17)21-19(23)11-25-20(10-24)26-21;3-2(4,5)1(6)7/h6-9,11,17-18,30-31H,2-5,12-14H2,1H3,(H,27,32);(H,6,7). The number of benzene rings is 1. The monoisotopic (exact) mass is 572 g/mol. The summed E-state index contributed by atoms with van der Waals surface area (Å²) < 4.78 is 31.7. The van der Waals surface area contributed by atoms with Crippen molar-refractivity contribution in [2.24, 2.45) is 0 Å². The molecule has 1 heterocycles. The van der Waals surface area contributed by atoms with Crippen molar-refractivity contribution in [2.45, 2.75) is 50.6 Å². The van der Waals surface area contributed by atoms with Crippen LogP contribution in [-0.4, -0.2) is 80.6 Å². The van der Waals surface area contributed by atoms with Crippen molar-refractivity contribution in [1.29, 1.82) is 5.26 Å². The van der Waals surface area contributed by atoms with E-state index in [2.05, 4.69) is 15.4 Å². The highest BCUT2D eigenvalue weighted by atomic mass is 35.5. The van der Waals surface area contributed by atoms with E-state index >= 15 is 0 Å². The van der Waals surface area contributed by atoms with Gasteiger partial charge >= 0.3 is 12.1 Å². The van der Waals surface area contributed by atoms with Crippen molar-refractivity contribution in [1.82, 2.24) is 20.3 Å². The van der Waals surface area contributed by atoms with Gasteiger partial charge in [0.1, 0.15) is 11.1 Å². The number of hydrazine groups is 1. The van der Waals surface area contributed by atoms with Crippen LogP contribution in [0, 0.1) is 11.3 Å². The normalized spacial score (nSPS) is 14.2. The van der Waals surface area contributed by atoms with Gasteiger partial charge in [0.25, 0.3) is 5.91 Å². The second-order valence-electron chi connectivity index (χ2n) is 8.76. The van der Waals surface area contributed by atoms with Gasteiger partial charge in [0.15, 0.2) is 5.82 Å². The Hall–Kier alpha value is -3.51. The number of aliphatic hydroxyl groups is 2. The highest BCUT2D eigenvalue weighted by Gasteiger charge is 2.38. The molecule has 39 heavy (non-hydrogen) atoms. The molecule has 0 saturated heterocycles. The van der Waals surface area contributed by atoms with Gasteiger partial charge in [-0.25, -0.2) is 9.78 Å². The first-order chi connectivity index (χ1) is 18.3. The minimum atomic E-state index is -5.08. The predicted molar refractivity (Wildman–Crippen MR) is 134 cm³/mol. The number of aromatic nitrogens is 2. The van der Waals surface area contributed by atoms with Crippen molar-refractivity contribution < 1.29 is 38.1 Å². The Balaban J connectivity index is 0.000000673. The molecule has 212 valence electrons. The summed E-state index contributed by atoms with van der Waals surface area (Å²) in [6.45, 7) is 0.632. The summed E-state index contributed by atoms with van der Waals surface area (Å²) in [5.41, 5.74) is 4.36. The van der Waals surface area contributed by atoms with Crippen molar-refractivity contribution in [3.05, 3.63) is 52.4 Å². The van der Waals surface area contributed by atoms with E-state index in [1.54, 1.807) is 17.1 Å². The van der Waals surface area contributed by atoms with Gasteiger partial charge in [0.2, 0.25) is 5.82 Å². The maximum absolute atomic E-state index is 13.0. The number of nitrogens with one attached hydrogen (secondary N) is 1. The molecule has 1 atom stereocenters. The number of carboxylic acid groups (broad SMARTS) is 1. The van der Waals surface area contributed by atoms with Gasteiger partial charge in [-0.1, -0.05) is 36.6 Å². The Labute approximate surface area is 227 Å². The summed E-state index contributed by atoms with van der Waals surface area (Å²) in [4.78, 5) is 31.9. The number of hydrogen-bond acceptors (Lipinski definition) is 9. The van der Waals surface area contributed by atoms with Crippen LogP contribution in [0.25, 0.3) is 0 Å². The highest BCUT2D eigenvalue weighted by Crippen LogP contribution is 2.30. The summed E-state index contributed by atoms with van der Waals surface area (Å²) in [6, 6.07) is 9.10. The van der Waals surface area contributed by atoms with E-state index in [4.69, 9.17) is 31.9 Å². The number of rotatable bonds is 9. The maximum Gasteiger partial charge on any atom is 0.490 e. The number of anilines is 1. The van der Waals surface area contributed by atoms with Gasteiger partial charge in [-0.3, -0.25) is 20.1 Å². The zero-order valence-corrected chi connectivity index (χ0v) is 21.7. The molecule has 4 N–H and O–H groups in total. The number of alkyl halides is 3. The average molecular weight is 573 g/mol. The maximum atomic E-state index is 13.0. The van der Waals surface area contributed by atoms with E-state index < -0.39 is 18.2 Å². The summed E-state index contributed by atoms with van der Waals surface area (Å²) in [5.74, 6) is -2.76. The molecule has 0 bridgehead atoms. The van der Waals surface area contributed by atoms with Crippen molar-refractivity contribution in [3.63, 3.8) is 0 Å². The van der Waals surface area contributed by atoms with Gasteiger partial charge in [0.05, 0.1) is 24.9 Å². The number of amides is 1. The zero-order chi connectivity index (χ0) is 29.2. The highest BCUT2D eigenvalue weighted by molar-refractivity contribution is 6.32. The first kappa shape index (κ1) is 31.7. The van der Waals surface area contributed by atoms with E-state index in [9.17, 15) is 23.1 Å². The smallest absolute Gasteiger partial charge is 0.475 e. The van der Waals surface area contributed by atoms with Crippen molar-refractivity contribution in [2.75, 3.05) is 25.2 Å². The van der Waals surface area contributed by atoms with Gasteiger partial charge < -0.3 is 15.3 Å². The average Bonchev–Trinajstić information content (AvgIpc) is 3.42. The lowest BCUT2D eigenvalue weighted by Gasteiger charge is -2.30. The molecule has 0 radical (unpaired) electrons. The van der Waals surface area contributed by atoms with Crippen molar-refractivity contribution in [3.8, 4) is 6.07 Å². The number of carbonyl (C=O) groups is 2. The summed E-state index contributed by atoms with van der Waals surface area (Å²) in [6.07, 6.45) is -0.658. The lowest BCUT2D eigenvalue weighted by molar-refractivity contribution is -0.192. The van der Waals surface area contributed by atoms with Gasteiger partial charge in [-0.2, -0.15) is 23.4 Å². The third-order valence-electron chi connectivity index (χ3n) is 5.61. The molecule has 1 unspecified atom stereocenters. The van der Waals surface area contributed by atoms with E-state index in [0.717, 1.165) is 31.2 Å². The topological polar surface area (TPSA) is 163 Å². The van der Waals surface area contributed by atoms with Gasteiger partial charge in [0, 0.05) is 18.7 Å². The van der Waals surface area contributed by atoms with Crippen LogP contribution in [0.4, 0.5) is 19.0 Å². The third-order valence-corrected chi connectivity index (χ3v) is 5.88. The molecule has 1 aromatic heterocycles. The number of aliphatic hydroxyl groups excluding tert-OH is 2. The van der Waals surface area contributed by atoms with E-state index in [1.165, 1.54) is 6.20 Å². The number of nitrogens with zero attached hydrogens (tertiary/aromatic N) is 5. The number of likely N-dealkylation sites (N-methyl/N-ethyl adjacent to an activating group) is 1. The van der Waals surface area contributed by atoms with Crippen LogP contribution in [0.3, 0.4) is 0 Å². The second kappa shape index (κ2) is 14.6. The molecule has 1 aromatic carbocycles. The van der Waals surface area contributed by atoms with Crippen LogP contribution in [-0.2, 0) is 11.3 Å². The summed E-state index contributed by atoms with van der Waals surface area (Å²) >= 11 is 6.31. The third kappa shape index (κ3) is 9.95. The minimum absolute atomic E-state index is 0.0126. The lowest BCUT2D eigenvalue weighted by atomic mass is 10.1. The molecule has 15 heteroatoms. The zero-order valence-electron chi connectivity index (χ0n) is 20.9. The molecule has 3 rings (SSSR count). The number of aliphatic carboxylic acids is 1. The molecule has 1 amide bonds. The molecule has 1 saturated carbocycles. The Bertz CT molecular complexity index is 1160. The van der Waals surface area contributed by atoms with Gasteiger partial charge in [-0.05, 0) is 37.6 Å². The fraction of sp³-hybridized carbons (Fsp3) is 0.458. The molecule has 1 aliphatic rings. The number of nitriles is 1. The number of hydrogen-bond donors (Lipinski definition) is 4. The molecule has 2 aromatic rings. The van der Waals surface area contributed by atoms with Crippen LogP contribution in [0.1, 0.15) is 47.4 Å². The lowest BCUT2D eigenvalue weighted by Crippen LogP contribution is -2.48. The molecule has 11 nitrogen and oxygen atoms in total. The van der Waals surface area contributed by atoms with Crippen LogP contribution < -0.4 is 10.4 Å². The molecular formula is C24H28ClF3N6O5. The number of carbonyl (C=O) groups excluding carboxylic acids is 1. The van der Waals surface area contributed by atoms with E-state index in [-0.39, 0.29) is 29.4 Å². The first-order valence-electron chi connectivity index (χ1n) is 11.7. The Morgan fingerprint density at radius 1 is 1.26 bits per heavy atom. The summed E-state index contributed by atoms with van der Waals surface area (Å²) in [5, 5.41) is 36.7. The minimum Gasteiger partial charge on any atom is -0.475 e. The van der Waals surface area contributed by atoms with Crippen LogP contribution in [0.2, 0.25) is 5.02 Å². The molecule has 1 aliphatic carbocycles.